The molecule has 0 amide bonds. The number of methoxy groups -OCH3 is 2. The van der Waals surface area contributed by atoms with Gasteiger partial charge in [0.05, 0.1) is 0 Å². The van der Waals surface area contributed by atoms with Crippen molar-refractivity contribution < 1.29 is 19.1 Å². The number of hydrogen-bond donors (Lipinski definition) is 0. The minimum absolute atomic E-state index is 0.148. The van der Waals surface area contributed by atoms with Gasteiger partial charge < -0.3 is 9.47 Å². The summed E-state index contributed by atoms with van der Waals surface area (Å²) >= 11 is 1.76. The van der Waals surface area contributed by atoms with Crippen LogP contribution < -0.4 is 0 Å². The molecular formula is C24H34O4S. The highest BCUT2D eigenvalue weighted by molar-refractivity contribution is 7.12. The van der Waals surface area contributed by atoms with E-state index in [-0.39, 0.29) is 12.2 Å². The molecule has 2 saturated carbocycles. The summed E-state index contributed by atoms with van der Waals surface area (Å²) in [6.07, 6.45) is 11.7. The van der Waals surface area contributed by atoms with Crippen molar-refractivity contribution in [2.75, 3.05) is 14.2 Å². The van der Waals surface area contributed by atoms with E-state index in [1.165, 1.54) is 23.3 Å². The van der Waals surface area contributed by atoms with Crippen molar-refractivity contribution in [3.8, 4) is 0 Å². The van der Waals surface area contributed by atoms with Gasteiger partial charge in [0.25, 0.3) is 0 Å². The van der Waals surface area contributed by atoms with Crippen LogP contribution in [0.4, 0.5) is 0 Å². The van der Waals surface area contributed by atoms with Gasteiger partial charge in [0.15, 0.2) is 12.1 Å². The topological polar surface area (TPSA) is 52.6 Å². The molecule has 1 unspecified atom stereocenters. The number of rotatable bonds is 12. The smallest absolute Gasteiger partial charge is 0.164 e. The number of thiophene rings is 1. The average molecular weight is 419 g/mol. The lowest BCUT2D eigenvalue weighted by molar-refractivity contribution is -0.119. The van der Waals surface area contributed by atoms with Crippen molar-refractivity contribution in [2.24, 2.45) is 17.8 Å². The number of Topliss-reactive ketones (excluding diaryl/α,β-unsaturated/α-hetero) is 2. The molecule has 1 heterocycles. The number of carbonyl (C=O) groups is 2. The van der Waals surface area contributed by atoms with E-state index in [1.807, 2.05) is 0 Å². The highest BCUT2D eigenvalue weighted by atomic mass is 32.1. The van der Waals surface area contributed by atoms with E-state index in [2.05, 4.69) is 0 Å². The monoisotopic (exact) mass is 418 g/mol. The molecule has 1 atom stereocenters. The van der Waals surface area contributed by atoms with Crippen LogP contribution in [0.25, 0.3) is 0 Å². The Kier molecular flexibility index (Phi) is 6.87. The molecule has 0 spiro atoms. The van der Waals surface area contributed by atoms with Gasteiger partial charge in [0, 0.05) is 48.3 Å². The normalized spacial score (nSPS) is 21.4. The number of hydrogen-bond acceptors (Lipinski definition) is 5. The van der Waals surface area contributed by atoms with Crippen LogP contribution in [0.15, 0.2) is 0 Å². The first-order valence-corrected chi connectivity index (χ1v) is 12.2. The molecule has 0 aliphatic heterocycles. The third-order valence-corrected chi connectivity index (χ3v) is 8.19. The van der Waals surface area contributed by atoms with E-state index in [1.54, 1.807) is 25.6 Å². The Labute approximate surface area is 178 Å². The first kappa shape index (κ1) is 21.2. The summed E-state index contributed by atoms with van der Waals surface area (Å²) in [5.41, 5.74) is 2.22. The van der Waals surface area contributed by atoms with Gasteiger partial charge in [-0.25, -0.2) is 0 Å². The molecule has 4 nitrogen and oxygen atoms in total. The average Bonchev–Trinajstić information content (AvgIpc) is 3.63. The fourth-order valence-corrected chi connectivity index (χ4v) is 6.07. The lowest BCUT2D eigenvalue weighted by Crippen LogP contribution is -2.19. The first-order valence-electron chi connectivity index (χ1n) is 11.3. The summed E-state index contributed by atoms with van der Waals surface area (Å²) in [4.78, 5) is 28.2. The number of ether oxygens (including phenoxy) is 2. The van der Waals surface area contributed by atoms with Gasteiger partial charge in [-0.2, -0.15) is 0 Å². The van der Waals surface area contributed by atoms with Crippen LogP contribution in [0.1, 0.15) is 83.5 Å². The summed E-state index contributed by atoms with van der Waals surface area (Å²) in [7, 11) is 3.37. The van der Waals surface area contributed by atoms with Crippen molar-refractivity contribution >= 4 is 22.9 Å². The molecule has 0 N–H and O–H groups in total. The number of aryl methyl sites for hydroxylation is 1. The van der Waals surface area contributed by atoms with Crippen molar-refractivity contribution in [1.29, 1.82) is 0 Å². The highest BCUT2D eigenvalue weighted by Gasteiger charge is 2.34. The largest absolute Gasteiger partial charge is 0.356 e. The predicted molar refractivity (Wildman–Crippen MR) is 115 cm³/mol. The molecule has 2 fully saturated rings. The molecule has 0 aromatic carbocycles. The number of ketones is 2. The summed E-state index contributed by atoms with van der Waals surface area (Å²) in [5.74, 6) is 2.22. The van der Waals surface area contributed by atoms with Gasteiger partial charge in [0.2, 0.25) is 0 Å². The highest BCUT2D eigenvalue weighted by Crippen LogP contribution is 2.41. The second-order valence-electron chi connectivity index (χ2n) is 9.21. The van der Waals surface area contributed by atoms with Crippen molar-refractivity contribution in [2.45, 2.75) is 83.3 Å². The summed E-state index contributed by atoms with van der Waals surface area (Å²) in [5, 5.41) is 0. The summed E-state index contributed by atoms with van der Waals surface area (Å²) in [6, 6.07) is 0. The molecule has 0 saturated heterocycles. The number of fused-ring (bicyclic) bond motifs is 1. The van der Waals surface area contributed by atoms with Gasteiger partial charge in [-0.15, -0.1) is 11.3 Å². The minimum atomic E-state index is -0.148. The van der Waals surface area contributed by atoms with E-state index in [9.17, 15) is 9.59 Å². The molecule has 1 aromatic rings. The van der Waals surface area contributed by atoms with Crippen LogP contribution >= 0.6 is 11.3 Å². The van der Waals surface area contributed by atoms with Gasteiger partial charge in [0.1, 0.15) is 5.78 Å². The third-order valence-electron chi connectivity index (χ3n) is 6.90. The Bertz CT molecular complexity index is 740. The molecule has 160 valence electrons. The van der Waals surface area contributed by atoms with E-state index >= 15 is 0 Å². The number of carbonyl (C=O) groups excluding carboxylic acids is 2. The zero-order valence-electron chi connectivity index (χ0n) is 17.8. The van der Waals surface area contributed by atoms with Crippen molar-refractivity contribution in [1.82, 2.24) is 0 Å². The third kappa shape index (κ3) is 5.36. The first-order chi connectivity index (χ1) is 14.1. The summed E-state index contributed by atoms with van der Waals surface area (Å²) in [6.45, 7) is 0. The Balaban J connectivity index is 1.49. The Hall–Kier alpha value is -1.04. The standard InChI is InChI=1S/C24H34O4S/c1-27-23(28-2)12-7-16-6-11-21-18(13-16)24(19(25)10-5-15-3-4-15)22(29-21)14-20(26)17-8-9-17/h15-17,23H,3-14H2,1-2H3. The van der Waals surface area contributed by atoms with Crippen LogP contribution in [0.3, 0.4) is 0 Å². The van der Waals surface area contributed by atoms with Gasteiger partial charge in [-0.3, -0.25) is 9.59 Å². The molecule has 1 aromatic heterocycles. The molecule has 3 aliphatic carbocycles. The molecule has 4 rings (SSSR count). The van der Waals surface area contributed by atoms with Crippen LogP contribution in [0, 0.1) is 17.8 Å². The molecule has 0 radical (unpaired) electrons. The van der Waals surface area contributed by atoms with Crippen LogP contribution in [-0.4, -0.2) is 32.1 Å². The van der Waals surface area contributed by atoms with Crippen LogP contribution in [0.5, 0.6) is 0 Å². The van der Waals surface area contributed by atoms with E-state index in [0.717, 1.165) is 67.7 Å². The Morgan fingerprint density at radius 3 is 2.45 bits per heavy atom. The van der Waals surface area contributed by atoms with E-state index in [4.69, 9.17) is 9.47 Å². The summed E-state index contributed by atoms with van der Waals surface area (Å²) < 4.78 is 10.7. The van der Waals surface area contributed by atoms with Gasteiger partial charge >= 0.3 is 0 Å². The lowest BCUT2D eigenvalue weighted by atomic mass is 9.82. The van der Waals surface area contributed by atoms with Crippen LogP contribution in [-0.2, 0) is 33.5 Å². The molecule has 3 aliphatic rings. The predicted octanol–water partition coefficient (Wildman–Crippen LogP) is 5.15. The fourth-order valence-electron chi connectivity index (χ4n) is 4.69. The maximum absolute atomic E-state index is 13.2. The molecule has 5 heteroatoms. The maximum Gasteiger partial charge on any atom is 0.164 e. The van der Waals surface area contributed by atoms with Crippen molar-refractivity contribution in [3.63, 3.8) is 0 Å². The zero-order chi connectivity index (χ0) is 20.4. The quantitative estimate of drug-likeness (QED) is 0.348. The lowest BCUT2D eigenvalue weighted by Gasteiger charge is -2.24. The van der Waals surface area contributed by atoms with Crippen molar-refractivity contribution in [3.05, 3.63) is 20.9 Å². The maximum atomic E-state index is 13.2. The molecular weight excluding hydrogens is 384 g/mol. The Morgan fingerprint density at radius 2 is 1.79 bits per heavy atom. The van der Waals surface area contributed by atoms with E-state index < -0.39 is 0 Å². The zero-order valence-corrected chi connectivity index (χ0v) is 18.7. The fraction of sp³-hybridized carbons (Fsp3) is 0.750. The van der Waals surface area contributed by atoms with Gasteiger partial charge in [-0.05, 0) is 68.8 Å². The second kappa shape index (κ2) is 9.40. The SMILES string of the molecule is COC(CCC1CCc2sc(CC(=O)C3CC3)c(C(=O)CCC3CC3)c2C1)OC. The van der Waals surface area contributed by atoms with Crippen LogP contribution in [0.2, 0.25) is 0 Å². The van der Waals surface area contributed by atoms with Gasteiger partial charge in [-0.1, -0.05) is 12.8 Å². The second-order valence-corrected chi connectivity index (χ2v) is 10.4. The molecule has 29 heavy (non-hydrogen) atoms. The molecule has 0 bridgehead atoms. The minimum Gasteiger partial charge on any atom is -0.356 e. The van der Waals surface area contributed by atoms with E-state index in [0.29, 0.717) is 30.3 Å². The Morgan fingerprint density at radius 1 is 1.03 bits per heavy atom.